The van der Waals surface area contributed by atoms with E-state index in [9.17, 15) is 14.0 Å². The van der Waals surface area contributed by atoms with Gasteiger partial charge < -0.3 is 9.64 Å². The lowest BCUT2D eigenvalue weighted by Gasteiger charge is -2.28. The van der Waals surface area contributed by atoms with Gasteiger partial charge in [-0.15, -0.1) is 0 Å². The van der Waals surface area contributed by atoms with Gasteiger partial charge in [-0.05, 0) is 43.3 Å². The molecule has 0 saturated carbocycles. The van der Waals surface area contributed by atoms with E-state index in [2.05, 4.69) is 0 Å². The molecule has 0 atom stereocenters. The molecule has 30 heavy (non-hydrogen) atoms. The second-order valence-electron chi connectivity index (χ2n) is 7.62. The molecule has 0 aliphatic carbocycles. The number of para-hydroxylation sites is 1. The van der Waals surface area contributed by atoms with Gasteiger partial charge in [0.25, 0.3) is 5.56 Å². The minimum Gasteiger partial charge on any atom is -0.466 e. The fourth-order valence-corrected chi connectivity index (χ4v) is 4.08. The van der Waals surface area contributed by atoms with E-state index < -0.39 is 0 Å². The number of nitrogens with zero attached hydrogens (tertiary/aromatic N) is 2. The Morgan fingerprint density at radius 1 is 1.17 bits per heavy atom. The first-order valence-electron chi connectivity index (χ1n) is 10.3. The molecule has 0 radical (unpaired) electrons. The summed E-state index contributed by atoms with van der Waals surface area (Å²) in [6.45, 7) is 4.37. The number of halogens is 1. The molecule has 0 spiro atoms. The first-order valence-corrected chi connectivity index (χ1v) is 10.3. The number of rotatable bonds is 5. The Bertz CT molecular complexity index is 1100. The highest BCUT2D eigenvalue weighted by molar-refractivity contribution is 5.77. The lowest BCUT2D eigenvalue weighted by Crippen LogP contribution is -3.12. The number of piperidine rings is 1. The largest absolute Gasteiger partial charge is 0.466 e. The van der Waals surface area contributed by atoms with Crippen molar-refractivity contribution in [1.29, 1.82) is 0 Å². The van der Waals surface area contributed by atoms with Gasteiger partial charge in [-0.3, -0.25) is 14.2 Å². The number of aromatic nitrogens is 2. The SMILES string of the molecule is CCOC(=O)C1CC[NH+](Cc2nc3ccccc3c(=O)n2-c2ccc(F)cc2)CC1. The topological polar surface area (TPSA) is 65.6 Å². The number of likely N-dealkylation sites (tertiary alicyclic amines) is 1. The molecule has 0 amide bonds. The molecular weight excluding hydrogens is 385 g/mol. The molecular formula is C23H25FN3O3+. The second kappa shape index (κ2) is 8.75. The number of benzene rings is 2. The van der Waals surface area contributed by atoms with Crippen molar-refractivity contribution in [1.82, 2.24) is 9.55 Å². The number of quaternary nitrogens is 1. The highest BCUT2D eigenvalue weighted by atomic mass is 19.1. The number of fused-ring (bicyclic) bond motifs is 1. The predicted molar refractivity (Wildman–Crippen MR) is 111 cm³/mol. The van der Waals surface area contributed by atoms with Gasteiger partial charge in [0.2, 0.25) is 0 Å². The van der Waals surface area contributed by atoms with Gasteiger partial charge in [-0.2, -0.15) is 0 Å². The van der Waals surface area contributed by atoms with Crippen LogP contribution in [-0.2, 0) is 16.1 Å². The van der Waals surface area contributed by atoms with Crippen LogP contribution in [0.5, 0.6) is 0 Å². The van der Waals surface area contributed by atoms with Gasteiger partial charge >= 0.3 is 5.97 Å². The maximum atomic E-state index is 13.4. The number of nitrogens with one attached hydrogen (secondary N) is 1. The van der Waals surface area contributed by atoms with Crippen molar-refractivity contribution in [3.05, 3.63) is 70.5 Å². The molecule has 0 bridgehead atoms. The van der Waals surface area contributed by atoms with Gasteiger partial charge in [-0.25, -0.2) is 9.37 Å². The van der Waals surface area contributed by atoms with E-state index in [0.29, 0.717) is 35.6 Å². The van der Waals surface area contributed by atoms with Gasteiger partial charge in [-0.1, -0.05) is 12.1 Å². The van der Waals surface area contributed by atoms with Crippen LogP contribution in [0.3, 0.4) is 0 Å². The van der Waals surface area contributed by atoms with Crippen LogP contribution in [0.4, 0.5) is 4.39 Å². The van der Waals surface area contributed by atoms with Gasteiger partial charge in [0.05, 0.1) is 42.2 Å². The zero-order valence-electron chi connectivity index (χ0n) is 16.9. The fourth-order valence-electron chi connectivity index (χ4n) is 4.08. The minimum atomic E-state index is -0.353. The van der Waals surface area contributed by atoms with Crippen LogP contribution in [0.2, 0.25) is 0 Å². The molecule has 1 aliphatic heterocycles. The fraction of sp³-hybridized carbons (Fsp3) is 0.348. The average Bonchev–Trinajstić information content (AvgIpc) is 2.76. The number of hydrogen-bond donors (Lipinski definition) is 1. The Hall–Kier alpha value is -3.06. The molecule has 4 rings (SSSR count). The van der Waals surface area contributed by atoms with Gasteiger partial charge in [0.15, 0.2) is 5.82 Å². The van der Waals surface area contributed by atoms with E-state index in [-0.39, 0.29) is 23.3 Å². The zero-order chi connectivity index (χ0) is 21.1. The van der Waals surface area contributed by atoms with Crippen LogP contribution in [0.25, 0.3) is 16.6 Å². The van der Waals surface area contributed by atoms with Crippen LogP contribution in [0.1, 0.15) is 25.6 Å². The number of carbonyl (C=O) groups excluding carboxylic acids is 1. The minimum absolute atomic E-state index is 0.0578. The maximum absolute atomic E-state index is 13.4. The zero-order valence-corrected chi connectivity index (χ0v) is 16.9. The summed E-state index contributed by atoms with van der Waals surface area (Å²) in [4.78, 5) is 31.3. The van der Waals surface area contributed by atoms with Crippen LogP contribution >= 0.6 is 0 Å². The molecule has 0 unspecified atom stereocenters. The van der Waals surface area contributed by atoms with Crippen molar-refractivity contribution < 1.29 is 18.8 Å². The molecule has 2 heterocycles. The number of hydrogen-bond acceptors (Lipinski definition) is 4. The Balaban J connectivity index is 1.65. The Morgan fingerprint density at radius 2 is 1.87 bits per heavy atom. The summed E-state index contributed by atoms with van der Waals surface area (Å²) in [7, 11) is 0. The van der Waals surface area contributed by atoms with E-state index in [1.165, 1.54) is 17.0 Å². The average molecular weight is 410 g/mol. The molecule has 156 valence electrons. The second-order valence-corrected chi connectivity index (χ2v) is 7.62. The van der Waals surface area contributed by atoms with E-state index in [4.69, 9.17) is 9.72 Å². The monoisotopic (exact) mass is 410 g/mol. The summed E-state index contributed by atoms with van der Waals surface area (Å²) >= 11 is 0. The Morgan fingerprint density at radius 3 is 2.57 bits per heavy atom. The lowest BCUT2D eigenvalue weighted by atomic mass is 9.97. The third kappa shape index (κ3) is 4.11. The van der Waals surface area contributed by atoms with Crippen molar-refractivity contribution in [2.45, 2.75) is 26.3 Å². The van der Waals surface area contributed by atoms with Crippen molar-refractivity contribution in [2.24, 2.45) is 5.92 Å². The molecule has 1 aliphatic rings. The predicted octanol–water partition coefficient (Wildman–Crippen LogP) is 1.88. The summed E-state index contributed by atoms with van der Waals surface area (Å²) in [5, 5.41) is 0.529. The van der Waals surface area contributed by atoms with Crippen molar-refractivity contribution in [3.63, 3.8) is 0 Å². The van der Waals surface area contributed by atoms with Gasteiger partial charge in [0, 0.05) is 12.8 Å². The van der Waals surface area contributed by atoms with Gasteiger partial charge in [0.1, 0.15) is 12.4 Å². The molecule has 6 nitrogen and oxygen atoms in total. The number of carbonyl (C=O) groups is 1. The summed E-state index contributed by atoms with van der Waals surface area (Å²) in [5.74, 6) is 0.102. The Kier molecular flexibility index (Phi) is 5.90. The molecule has 3 aromatic rings. The third-order valence-corrected chi connectivity index (χ3v) is 5.65. The number of esters is 1. The van der Waals surface area contributed by atoms with Crippen LogP contribution in [-0.4, -0.2) is 35.2 Å². The highest BCUT2D eigenvalue weighted by Gasteiger charge is 2.29. The number of ether oxygens (including phenoxy) is 1. The van der Waals surface area contributed by atoms with E-state index in [1.54, 1.807) is 22.8 Å². The smallest absolute Gasteiger partial charge is 0.309 e. The van der Waals surface area contributed by atoms with Crippen molar-refractivity contribution in [2.75, 3.05) is 19.7 Å². The summed E-state index contributed by atoms with van der Waals surface area (Å²) in [6.07, 6.45) is 1.51. The van der Waals surface area contributed by atoms with Crippen LogP contribution in [0, 0.1) is 11.7 Å². The summed E-state index contributed by atoms with van der Waals surface area (Å²) < 4.78 is 20.2. The summed E-state index contributed by atoms with van der Waals surface area (Å²) in [6, 6.07) is 13.1. The normalized spacial score (nSPS) is 19.0. The molecule has 2 aromatic carbocycles. The Labute approximate surface area is 173 Å². The first kappa shape index (κ1) is 20.2. The lowest BCUT2D eigenvalue weighted by molar-refractivity contribution is -0.920. The van der Waals surface area contributed by atoms with E-state index in [0.717, 1.165) is 25.9 Å². The standard InChI is InChI=1S/C23H24FN3O3/c1-2-30-23(29)16-11-13-26(14-12-16)15-21-25-20-6-4-3-5-19(20)22(28)27(21)18-9-7-17(24)8-10-18/h3-10,16H,2,11-15H2,1H3/p+1. The molecule has 1 N–H and O–H groups in total. The molecule has 1 saturated heterocycles. The van der Waals surface area contributed by atoms with Crippen LogP contribution in [0.15, 0.2) is 53.3 Å². The van der Waals surface area contributed by atoms with Crippen molar-refractivity contribution >= 4 is 16.9 Å². The van der Waals surface area contributed by atoms with Crippen LogP contribution < -0.4 is 10.5 Å². The molecule has 1 fully saturated rings. The summed E-state index contributed by atoms with van der Waals surface area (Å²) in [5.41, 5.74) is 1.08. The van der Waals surface area contributed by atoms with E-state index >= 15 is 0 Å². The van der Waals surface area contributed by atoms with Crippen molar-refractivity contribution in [3.8, 4) is 5.69 Å². The first-order chi connectivity index (χ1) is 14.6. The molecule has 1 aromatic heterocycles. The molecule has 7 heteroatoms. The third-order valence-electron chi connectivity index (χ3n) is 5.65. The van der Waals surface area contributed by atoms with E-state index in [1.807, 2.05) is 25.1 Å². The quantitative estimate of drug-likeness (QED) is 0.653. The maximum Gasteiger partial charge on any atom is 0.309 e. The highest BCUT2D eigenvalue weighted by Crippen LogP contribution is 2.15.